The molecule has 0 aromatic carbocycles. The van der Waals surface area contributed by atoms with Gasteiger partial charge in [0.2, 0.25) is 0 Å². The average molecular weight is 226 g/mol. The van der Waals surface area contributed by atoms with E-state index in [9.17, 15) is 0 Å². The lowest BCUT2D eigenvalue weighted by atomic mass is 9.88. The van der Waals surface area contributed by atoms with E-state index in [0.29, 0.717) is 12.1 Å². The van der Waals surface area contributed by atoms with Crippen molar-refractivity contribution < 1.29 is 4.74 Å². The molecule has 0 bridgehead atoms. The van der Waals surface area contributed by atoms with Gasteiger partial charge >= 0.3 is 0 Å². The van der Waals surface area contributed by atoms with Gasteiger partial charge in [-0.2, -0.15) is 0 Å². The Kier molecular flexibility index (Phi) is 4.62. The number of piperidine rings is 1. The largest absolute Gasteiger partial charge is 0.380 e. The van der Waals surface area contributed by atoms with Gasteiger partial charge in [-0.3, -0.25) is 4.90 Å². The predicted molar refractivity (Wildman–Crippen MR) is 66.4 cm³/mol. The minimum Gasteiger partial charge on any atom is -0.380 e. The normalized spacial score (nSPS) is 34.1. The summed E-state index contributed by atoms with van der Waals surface area (Å²) >= 11 is 0. The fourth-order valence-electron chi connectivity index (χ4n) is 3.29. The standard InChI is InChI=1S/C13H26N2O/c1-16-13-5-3-2-4-12(13)15-8-6-11(10-14)7-9-15/h11-13H,2-10,14H2,1H3. The van der Waals surface area contributed by atoms with Crippen LogP contribution in [0.4, 0.5) is 0 Å². The molecule has 2 aliphatic rings. The van der Waals surface area contributed by atoms with Crippen LogP contribution in [0.5, 0.6) is 0 Å². The summed E-state index contributed by atoms with van der Waals surface area (Å²) in [6.45, 7) is 3.32. The molecule has 1 aliphatic carbocycles. The van der Waals surface area contributed by atoms with E-state index in [4.69, 9.17) is 10.5 Å². The molecule has 16 heavy (non-hydrogen) atoms. The van der Waals surface area contributed by atoms with E-state index in [-0.39, 0.29) is 0 Å². The molecule has 1 saturated carbocycles. The second kappa shape index (κ2) is 5.99. The summed E-state index contributed by atoms with van der Waals surface area (Å²) in [4.78, 5) is 2.65. The number of nitrogens with two attached hydrogens (primary N) is 1. The second-order valence-corrected chi connectivity index (χ2v) is 5.34. The van der Waals surface area contributed by atoms with E-state index in [1.807, 2.05) is 7.11 Å². The number of nitrogens with zero attached hydrogens (tertiary/aromatic N) is 1. The maximum Gasteiger partial charge on any atom is 0.0726 e. The zero-order valence-corrected chi connectivity index (χ0v) is 10.5. The Morgan fingerprint density at radius 1 is 1.12 bits per heavy atom. The second-order valence-electron chi connectivity index (χ2n) is 5.34. The Balaban J connectivity index is 1.86. The number of ether oxygens (including phenoxy) is 1. The van der Waals surface area contributed by atoms with Crippen molar-refractivity contribution >= 4 is 0 Å². The molecule has 0 aromatic heterocycles. The van der Waals surface area contributed by atoms with Crippen molar-refractivity contribution in [2.24, 2.45) is 11.7 Å². The van der Waals surface area contributed by atoms with Crippen LogP contribution < -0.4 is 5.73 Å². The van der Waals surface area contributed by atoms with Crippen LogP contribution in [-0.4, -0.2) is 43.8 Å². The summed E-state index contributed by atoms with van der Waals surface area (Å²) in [7, 11) is 1.87. The summed E-state index contributed by atoms with van der Waals surface area (Å²) in [5.41, 5.74) is 5.74. The molecule has 0 aromatic rings. The Bertz CT molecular complexity index is 202. The average Bonchev–Trinajstić information content (AvgIpc) is 2.39. The van der Waals surface area contributed by atoms with Crippen molar-refractivity contribution in [3.05, 3.63) is 0 Å². The first-order valence-electron chi connectivity index (χ1n) is 6.82. The fourth-order valence-corrected chi connectivity index (χ4v) is 3.29. The van der Waals surface area contributed by atoms with Crippen molar-refractivity contribution in [3.63, 3.8) is 0 Å². The third kappa shape index (κ3) is 2.76. The van der Waals surface area contributed by atoms with Gasteiger partial charge in [-0.05, 0) is 51.2 Å². The van der Waals surface area contributed by atoms with Crippen LogP contribution in [0.3, 0.4) is 0 Å². The summed E-state index contributed by atoms with van der Waals surface area (Å²) < 4.78 is 5.64. The lowest BCUT2D eigenvalue weighted by Gasteiger charge is -2.42. The summed E-state index contributed by atoms with van der Waals surface area (Å²) in [5.74, 6) is 0.765. The number of rotatable bonds is 3. The van der Waals surface area contributed by atoms with Crippen LogP contribution in [0.15, 0.2) is 0 Å². The van der Waals surface area contributed by atoms with Crippen LogP contribution in [0, 0.1) is 5.92 Å². The third-order valence-corrected chi connectivity index (χ3v) is 4.42. The maximum absolute atomic E-state index is 5.74. The predicted octanol–water partition coefficient (Wildman–Crippen LogP) is 1.61. The van der Waals surface area contributed by atoms with Gasteiger partial charge in [0, 0.05) is 13.2 Å². The van der Waals surface area contributed by atoms with Crippen molar-refractivity contribution in [1.29, 1.82) is 0 Å². The van der Waals surface area contributed by atoms with Gasteiger partial charge in [0.1, 0.15) is 0 Å². The van der Waals surface area contributed by atoms with E-state index < -0.39 is 0 Å². The zero-order chi connectivity index (χ0) is 11.4. The number of methoxy groups -OCH3 is 1. The molecule has 2 rings (SSSR count). The maximum atomic E-state index is 5.74. The van der Waals surface area contributed by atoms with Gasteiger partial charge in [0.15, 0.2) is 0 Å². The minimum atomic E-state index is 0.475. The molecule has 0 amide bonds. The molecule has 0 spiro atoms. The lowest BCUT2D eigenvalue weighted by molar-refractivity contribution is -0.0217. The minimum absolute atomic E-state index is 0.475. The molecule has 2 N–H and O–H groups in total. The molecule has 1 heterocycles. The lowest BCUT2D eigenvalue weighted by Crippen LogP contribution is -2.50. The molecule has 3 heteroatoms. The van der Waals surface area contributed by atoms with Crippen LogP contribution in [0.2, 0.25) is 0 Å². The van der Waals surface area contributed by atoms with Gasteiger partial charge < -0.3 is 10.5 Å². The molecule has 2 fully saturated rings. The Morgan fingerprint density at radius 2 is 1.81 bits per heavy atom. The van der Waals surface area contributed by atoms with Crippen molar-refractivity contribution in [1.82, 2.24) is 4.90 Å². The van der Waals surface area contributed by atoms with E-state index in [0.717, 1.165) is 12.5 Å². The van der Waals surface area contributed by atoms with Gasteiger partial charge in [-0.1, -0.05) is 12.8 Å². The number of likely N-dealkylation sites (tertiary alicyclic amines) is 1. The zero-order valence-electron chi connectivity index (χ0n) is 10.5. The van der Waals surface area contributed by atoms with Crippen LogP contribution >= 0.6 is 0 Å². The molecular weight excluding hydrogens is 200 g/mol. The van der Waals surface area contributed by atoms with Crippen LogP contribution in [0.25, 0.3) is 0 Å². The van der Waals surface area contributed by atoms with Gasteiger partial charge in [0.25, 0.3) is 0 Å². The van der Waals surface area contributed by atoms with Crippen LogP contribution in [-0.2, 0) is 4.74 Å². The highest BCUT2D eigenvalue weighted by Crippen LogP contribution is 2.28. The Labute approximate surface area is 99.3 Å². The first-order valence-corrected chi connectivity index (χ1v) is 6.82. The first-order chi connectivity index (χ1) is 7.85. The quantitative estimate of drug-likeness (QED) is 0.794. The highest BCUT2D eigenvalue weighted by molar-refractivity contribution is 4.86. The summed E-state index contributed by atoms with van der Waals surface area (Å²) in [5, 5.41) is 0. The fraction of sp³-hybridized carbons (Fsp3) is 1.00. The Morgan fingerprint density at radius 3 is 2.44 bits per heavy atom. The number of hydrogen-bond acceptors (Lipinski definition) is 3. The smallest absolute Gasteiger partial charge is 0.0726 e. The third-order valence-electron chi connectivity index (χ3n) is 4.42. The topological polar surface area (TPSA) is 38.5 Å². The van der Waals surface area contributed by atoms with Gasteiger partial charge in [0.05, 0.1) is 6.10 Å². The van der Waals surface area contributed by atoms with Crippen molar-refractivity contribution in [2.45, 2.75) is 50.7 Å². The SMILES string of the molecule is COC1CCCCC1N1CCC(CN)CC1. The van der Waals surface area contributed by atoms with Crippen molar-refractivity contribution in [3.8, 4) is 0 Å². The van der Waals surface area contributed by atoms with Gasteiger partial charge in [-0.15, -0.1) is 0 Å². The van der Waals surface area contributed by atoms with Gasteiger partial charge in [-0.25, -0.2) is 0 Å². The summed E-state index contributed by atoms with van der Waals surface area (Å²) in [6, 6.07) is 0.678. The molecule has 1 saturated heterocycles. The van der Waals surface area contributed by atoms with Crippen molar-refractivity contribution in [2.75, 3.05) is 26.7 Å². The molecule has 94 valence electrons. The first kappa shape index (κ1) is 12.3. The van der Waals surface area contributed by atoms with E-state index in [1.54, 1.807) is 0 Å². The Hall–Kier alpha value is -0.120. The molecule has 3 nitrogen and oxygen atoms in total. The summed E-state index contributed by atoms with van der Waals surface area (Å²) in [6.07, 6.45) is 8.33. The molecule has 2 atom stereocenters. The van der Waals surface area contributed by atoms with Crippen LogP contribution in [0.1, 0.15) is 38.5 Å². The molecule has 0 radical (unpaired) electrons. The molecule has 2 unspecified atom stereocenters. The van der Waals surface area contributed by atoms with E-state index in [2.05, 4.69) is 4.90 Å². The van der Waals surface area contributed by atoms with E-state index in [1.165, 1.54) is 51.6 Å². The highest BCUT2D eigenvalue weighted by Gasteiger charge is 2.32. The number of hydrogen-bond donors (Lipinski definition) is 1. The highest BCUT2D eigenvalue weighted by atomic mass is 16.5. The monoisotopic (exact) mass is 226 g/mol. The molecular formula is C13H26N2O. The van der Waals surface area contributed by atoms with E-state index >= 15 is 0 Å². The molecule has 1 aliphatic heterocycles.